The normalized spacial score (nSPS) is 17.4. The molecule has 26 heavy (non-hydrogen) atoms. The maximum Gasteiger partial charge on any atom is 0.407 e. The third-order valence-electron chi connectivity index (χ3n) is 4.40. The van der Waals surface area contributed by atoms with E-state index in [-0.39, 0.29) is 18.5 Å². The van der Waals surface area contributed by atoms with Crippen LogP contribution in [-0.2, 0) is 9.53 Å². The lowest BCUT2D eigenvalue weighted by Crippen LogP contribution is -2.42. The molecule has 0 saturated carbocycles. The maximum atomic E-state index is 12.6. The minimum atomic E-state index is -0.629. The van der Waals surface area contributed by atoms with Gasteiger partial charge >= 0.3 is 6.09 Å². The summed E-state index contributed by atoms with van der Waals surface area (Å²) >= 11 is 0. The van der Waals surface area contributed by atoms with Crippen molar-refractivity contribution in [3.05, 3.63) is 36.2 Å². The third kappa shape index (κ3) is 4.19. The molecule has 2 heterocycles. The number of methoxy groups -OCH3 is 1. The Morgan fingerprint density at radius 3 is 2.85 bits per heavy atom. The van der Waals surface area contributed by atoms with Gasteiger partial charge in [0, 0.05) is 12.1 Å². The average molecular weight is 358 g/mol. The van der Waals surface area contributed by atoms with E-state index >= 15 is 0 Å². The number of rotatable bonds is 4. The van der Waals surface area contributed by atoms with Crippen molar-refractivity contribution in [1.82, 2.24) is 20.4 Å². The second-order valence-electron chi connectivity index (χ2n) is 6.12. The number of hydrogen-bond acceptors (Lipinski definition) is 6. The second kappa shape index (κ2) is 8.46. The van der Waals surface area contributed by atoms with E-state index in [2.05, 4.69) is 20.2 Å². The molecule has 1 aliphatic heterocycles. The smallest absolute Gasteiger partial charge is 0.407 e. The van der Waals surface area contributed by atoms with Gasteiger partial charge in [0.2, 0.25) is 5.91 Å². The summed E-state index contributed by atoms with van der Waals surface area (Å²) in [4.78, 5) is 30.1. The van der Waals surface area contributed by atoms with Crippen LogP contribution < -0.4 is 5.32 Å². The summed E-state index contributed by atoms with van der Waals surface area (Å²) in [6, 6.07) is 9.26. The number of alkyl carbamates (subject to hydrolysis) is 1. The summed E-state index contributed by atoms with van der Waals surface area (Å²) in [7, 11) is 1.26. The van der Waals surface area contributed by atoms with E-state index in [1.54, 1.807) is 4.90 Å². The molecular formula is C18H22N4O4. The summed E-state index contributed by atoms with van der Waals surface area (Å²) < 4.78 is 9.92. The quantitative estimate of drug-likeness (QED) is 0.902. The molecule has 8 nitrogen and oxygen atoms in total. The molecule has 1 atom stereocenters. The highest BCUT2D eigenvalue weighted by Crippen LogP contribution is 2.30. The molecule has 3 rings (SSSR count). The number of hydrogen-bond donors (Lipinski definition) is 1. The maximum absolute atomic E-state index is 12.6. The second-order valence-corrected chi connectivity index (χ2v) is 6.12. The first kappa shape index (κ1) is 17.9. The van der Waals surface area contributed by atoms with Crippen LogP contribution in [0.4, 0.5) is 4.79 Å². The first-order valence-electron chi connectivity index (χ1n) is 8.69. The van der Waals surface area contributed by atoms with Crippen molar-refractivity contribution in [3.63, 3.8) is 0 Å². The van der Waals surface area contributed by atoms with Crippen molar-refractivity contribution in [3.8, 4) is 11.5 Å². The molecule has 1 aromatic heterocycles. The summed E-state index contributed by atoms with van der Waals surface area (Å²) in [5, 5.41) is 6.55. The Balaban J connectivity index is 1.77. The van der Waals surface area contributed by atoms with Crippen LogP contribution in [0.25, 0.3) is 11.5 Å². The molecule has 0 spiro atoms. The van der Waals surface area contributed by atoms with Gasteiger partial charge in [-0.3, -0.25) is 4.79 Å². The molecule has 1 N–H and O–H groups in total. The Kier molecular flexibility index (Phi) is 5.83. The molecule has 0 unspecified atom stereocenters. The fourth-order valence-corrected chi connectivity index (χ4v) is 3.06. The SMILES string of the molecule is COC(=O)NCC(=O)N1CCCCC[C@@H]1c1noc(-c2ccccc2)n1. The van der Waals surface area contributed by atoms with Gasteiger partial charge in [0.1, 0.15) is 6.54 Å². The summed E-state index contributed by atoms with van der Waals surface area (Å²) in [6.07, 6.45) is 3.06. The topological polar surface area (TPSA) is 97.6 Å². The van der Waals surface area contributed by atoms with E-state index < -0.39 is 6.09 Å². The fraction of sp³-hybridized carbons (Fsp3) is 0.444. The standard InChI is InChI=1S/C18H22N4O4/c1-25-18(24)19-12-15(23)22-11-7-3-6-10-14(22)16-20-17(26-21-16)13-8-4-2-5-9-13/h2,4-5,8-9,14H,3,6-7,10-12H2,1H3,(H,19,24)/t14-/m1/s1. The molecule has 1 aromatic carbocycles. The lowest BCUT2D eigenvalue weighted by molar-refractivity contribution is -0.132. The molecule has 1 fully saturated rings. The Hall–Kier alpha value is -2.90. The van der Waals surface area contributed by atoms with Gasteiger partial charge in [-0.1, -0.05) is 36.2 Å². The van der Waals surface area contributed by atoms with Crippen molar-refractivity contribution >= 4 is 12.0 Å². The summed E-state index contributed by atoms with van der Waals surface area (Å²) in [5.74, 6) is 0.746. The lowest BCUT2D eigenvalue weighted by Gasteiger charge is -2.27. The highest BCUT2D eigenvalue weighted by atomic mass is 16.5. The number of nitrogens with one attached hydrogen (secondary N) is 1. The fourth-order valence-electron chi connectivity index (χ4n) is 3.06. The molecule has 2 amide bonds. The summed E-state index contributed by atoms with van der Waals surface area (Å²) in [5.41, 5.74) is 0.838. The Morgan fingerprint density at radius 1 is 1.27 bits per heavy atom. The summed E-state index contributed by atoms with van der Waals surface area (Å²) in [6.45, 7) is 0.480. The molecule has 1 saturated heterocycles. The largest absolute Gasteiger partial charge is 0.453 e. The van der Waals surface area contributed by atoms with Crippen molar-refractivity contribution < 1.29 is 18.8 Å². The monoisotopic (exact) mass is 358 g/mol. The van der Waals surface area contributed by atoms with Gasteiger partial charge in [-0.25, -0.2) is 4.79 Å². The first-order chi connectivity index (χ1) is 12.7. The van der Waals surface area contributed by atoms with E-state index in [1.807, 2.05) is 30.3 Å². The number of carbonyl (C=O) groups excluding carboxylic acids is 2. The molecule has 0 aliphatic carbocycles. The first-order valence-corrected chi connectivity index (χ1v) is 8.69. The van der Waals surface area contributed by atoms with E-state index in [0.29, 0.717) is 18.3 Å². The molecule has 0 bridgehead atoms. The predicted molar refractivity (Wildman–Crippen MR) is 93.1 cm³/mol. The van der Waals surface area contributed by atoms with Crippen molar-refractivity contribution in [2.75, 3.05) is 20.2 Å². The van der Waals surface area contributed by atoms with Crippen LogP contribution in [0.15, 0.2) is 34.9 Å². The number of benzene rings is 1. The number of likely N-dealkylation sites (tertiary alicyclic amines) is 1. The van der Waals surface area contributed by atoms with Crippen LogP contribution in [0.2, 0.25) is 0 Å². The Labute approximate surface area is 151 Å². The van der Waals surface area contributed by atoms with E-state index in [0.717, 1.165) is 31.2 Å². The Bertz CT molecular complexity index is 747. The van der Waals surface area contributed by atoms with Gasteiger partial charge < -0.3 is 19.5 Å². The van der Waals surface area contributed by atoms with Crippen molar-refractivity contribution in [1.29, 1.82) is 0 Å². The number of ether oxygens (including phenoxy) is 1. The third-order valence-corrected chi connectivity index (χ3v) is 4.40. The van der Waals surface area contributed by atoms with Crippen molar-refractivity contribution in [2.45, 2.75) is 31.7 Å². The van der Waals surface area contributed by atoms with Gasteiger partial charge in [0.15, 0.2) is 5.82 Å². The number of carbonyl (C=O) groups is 2. The highest BCUT2D eigenvalue weighted by Gasteiger charge is 2.30. The van der Waals surface area contributed by atoms with Crippen molar-refractivity contribution in [2.24, 2.45) is 0 Å². The number of amides is 2. The Morgan fingerprint density at radius 2 is 2.08 bits per heavy atom. The highest BCUT2D eigenvalue weighted by molar-refractivity contribution is 5.82. The number of nitrogens with zero attached hydrogens (tertiary/aromatic N) is 3. The van der Waals surface area contributed by atoms with Gasteiger partial charge in [0.05, 0.1) is 13.2 Å². The van der Waals surface area contributed by atoms with Gasteiger partial charge in [-0.2, -0.15) is 4.98 Å². The van der Waals surface area contributed by atoms with Crippen LogP contribution >= 0.6 is 0 Å². The van der Waals surface area contributed by atoms with E-state index in [9.17, 15) is 9.59 Å². The van der Waals surface area contributed by atoms with Gasteiger partial charge in [-0.15, -0.1) is 0 Å². The van der Waals surface area contributed by atoms with Crippen LogP contribution in [0.1, 0.15) is 37.5 Å². The molecule has 2 aromatic rings. The zero-order valence-electron chi connectivity index (χ0n) is 14.7. The van der Waals surface area contributed by atoms with Crippen LogP contribution in [0.5, 0.6) is 0 Å². The van der Waals surface area contributed by atoms with Crippen LogP contribution in [0, 0.1) is 0 Å². The van der Waals surface area contributed by atoms with Crippen LogP contribution in [-0.4, -0.2) is 47.2 Å². The van der Waals surface area contributed by atoms with Gasteiger partial charge in [0.25, 0.3) is 5.89 Å². The predicted octanol–water partition coefficient (Wildman–Crippen LogP) is 2.54. The molecule has 0 radical (unpaired) electrons. The number of aromatic nitrogens is 2. The minimum absolute atomic E-state index is 0.118. The zero-order chi connectivity index (χ0) is 18.4. The molecular weight excluding hydrogens is 336 g/mol. The minimum Gasteiger partial charge on any atom is -0.453 e. The molecule has 8 heteroatoms. The van der Waals surface area contributed by atoms with Crippen LogP contribution in [0.3, 0.4) is 0 Å². The average Bonchev–Trinajstić information content (AvgIpc) is 3.04. The zero-order valence-corrected chi connectivity index (χ0v) is 14.7. The molecule has 138 valence electrons. The van der Waals surface area contributed by atoms with Gasteiger partial charge in [-0.05, 0) is 25.0 Å². The lowest BCUT2D eigenvalue weighted by atomic mass is 10.1. The van der Waals surface area contributed by atoms with E-state index in [1.165, 1.54) is 7.11 Å². The van der Waals surface area contributed by atoms with E-state index in [4.69, 9.17) is 4.52 Å². The molecule has 1 aliphatic rings.